The van der Waals surface area contributed by atoms with E-state index in [-0.39, 0.29) is 6.54 Å². The van der Waals surface area contributed by atoms with Gasteiger partial charge >= 0.3 is 5.97 Å². The average molecular weight is 259 g/mol. The molecule has 0 aromatic carbocycles. The minimum absolute atomic E-state index is 0.239. The van der Waals surface area contributed by atoms with Crippen molar-refractivity contribution in [3.05, 3.63) is 22.9 Å². The van der Waals surface area contributed by atoms with Crippen LogP contribution in [0, 0.1) is 16.7 Å². The molecule has 1 aliphatic carbocycles. The molecule has 1 aromatic heterocycles. The number of hydrogen-bond acceptors (Lipinski definition) is 4. The Kier molecular flexibility index (Phi) is 3.43. The minimum Gasteiger partial charge on any atom is -0.481 e. The Hall–Kier alpha value is -2.09. The van der Waals surface area contributed by atoms with Crippen LogP contribution < -0.4 is 5.32 Å². The Labute approximate surface area is 112 Å². The van der Waals surface area contributed by atoms with Crippen LogP contribution in [0.15, 0.2) is 6.07 Å². The van der Waals surface area contributed by atoms with Gasteiger partial charge in [-0.2, -0.15) is 5.26 Å². The highest BCUT2D eigenvalue weighted by molar-refractivity contribution is 5.74. The summed E-state index contributed by atoms with van der Waals surface area (Å²) in [7, 11) is 0. The van der Waals surface area contributed by atoms with Crippen molar-refractivity contribution in [1.82, 2.24) is 4.98 Å². The molecule has 5 heteroatoms. The summed E-state index contributed by atoms with van der Waals surface area (Å²) < 4.78 is 0. The van der Waals surface area contributed by atoms with Gasteiger partial charge in [-0.3, -0.25) is 4.79 Å². The molecule has 0 bridgehead atoms. The maximum Gasteiger partial charge on any atom is 0.310 e. The lowest BCUT2D eigenvalue weighted by Crippen LogP contribution is -2.32. The summed E-state index contributed by atoms with van der Waals surface area (Å²) in [5.41, 5.74) is 1.75. The topological polar surface area (TPSA) is 86.0 Å². The summed E-state index contributed by atoms with van der Waals surface area (Å²) in [5, 5.41) is 21.2. The smallest absolute Gasteiger partial charge is 0.310 e. The van der Waals surface area contributed by atoms with Crippen molar-refractivity contribution in [2.24, 2.45) is 5.41 Å². The monoisotopic (exact) mass is 259 g/mol. The zero-order valence-electron chi connectivity index (χ0n) is 11.2. The molecule has 0 atom stereocenters. The number of aryl methyl sites for hydroxylation is 2. The molecule has 0 aliphatic heterocycles. The van der Waals surface area contributed by atoms with Crippen molar-refractivity contribution in [3.63, 3.8) is 0 Å². The van der Waals surface area contributed by atoms with Crippen LogP contribution in [-0.4, -0.2) is 22.6 Å². The van der Waals surface area contributed by atoms with E-state index in [0.717, 1.165) is 30.5 Å². The van der Waals surface area contributed by atoms with Crippen LogP contribution in [0.4, 0.5) is 5.82 Å². The Morgan fingerprint density at radius 3 is 2.95 bits per heavy atom. The second-order valence-corrected chi connectivity index (χ2v) is 5.50. The average Bonchev–Trinajstić information content (AvgIpc) is 2.81. The van der Waals surface area contributed by atoms with E-state index in [1.807, 2.05) is 6.07 Å². The molecule has 0 saturated carbocycles. The van der Waals surface area contributed by atoms with Crippen molar-refractivity contribution < 1.29 is 9.90 Å². The molecule has 2 rings (SSSR count). The SMILES string of the molecule is CC(C)(CNc1nc2c(cc1C#N)CCC2)C(=O)O. The van der Waals surface area contributed by atoms with E-state index >= 15 is 0 Å². The highest BCUT2D eigenvalue weighted by atomic mass is 16.4. The number of fused-ring (bicyclic) bond motifs is 1. The van der Waals surface area contributed by atoms with Crippen molar-refractivity contribution in [2.45, 2.75) is 33.1 Å². The van der Waals surface area contributed by atoms with Crippen LogP contribution >= 0.6 is 0 Å². The molecule has 0 spiro atoms. The first-order valence-corrected chi connectivity index (χ1v) is 6.34. The van der Waals surface area contributed by atoms with Crippen molar-refractivity contribution in [2.75, 3.05) is 11.9 Å². The van der Waals surface area contributed by atoms with E-state index in [1.54, 1.807) is 13.8 Å². The van der Waals surface area contributed by atoms with Gasteiger partial charge in [0, 0.05) is 12.2 Å². The second kappa shape index (κ2) is 4.88. The number of nitrogens with one attached hydrogen (secondary N) is 1. The zero-order chi connectivity index (χ0) is 14.0. The first-order valence-electron chi connectivity index (χ1n) is 6.34. The van der Waals surface area contributed by atoms with Gasteiger partial charge in [0.05, 0.1) is 11.0 Å². The molecular weight excluding hydrogens is 242 g/mol. The Morgan fingerprint density at radius 2 is 2.32 bits per heavy atom. The molecule has 2 N–H and O–H groups in total. The highest BCUT2D eigenvalue weighted by Gasteiger charge is 2.27. The number of anilines is 1. The number of aliphatic carboxylic acids is 1. The number of carboxylic acids is 1. The molecule has 19 heavy (non-hydrogen) atoms. The molecule has 0 unspecified atom stereocenters. The first kappa shape index (κ1) is 13.3. The number of rotatable bonds is 4. The van der Waals surface area contributed by atoms with Crippen molar-refractivity contribution >= 4 is 11.8 Å². The van der Waals surface area contributed by atoms with Gasteiger partial charge in [0.25, 0.3) is 0 Å². The molecule has 5 nitrogen and oxygen atoms in total. The van der Waals surface area contributed by atoms with Gasteiger partial charge in [0.2, 0.25) is 0 Å². The molecule has 100 valence electrons. The van der Waals surface area contributed by atoms with Gasteiger partial charge in [-0.1, -0.05) is 0 Å². The van der Waals surface area contributed by atoms with E-state index in [4.69, 9.17) is 10.4 Å². The fourth-order valence-electron chi connectivity index (χ4n) is 2.07. The molecule has 1 heterocycles. The summed E-state index contributed by atoms with van der Waals surface area (Å²) in [5.74, 6) is -0.378. The third-order valence-corrected chi connectivity index (χ3v) is 3.45. The second-order valence-electron chi connectivity index (χ2n) is 5.50. The summed E-state index contributed by atoms with van der Waals surface area (Å²) >= 11 is 0. The summed E-state index contributed by atoms with van der Waals surface area (Å²) in [6, 6.07) is 3.98. The number of pyridine rings is 1. The number of nitrogens with zero attached hydrogens (tertiary/aromatic N) is 2. The Morgan fingerprint density at radius 1 is 1.58 bits per heavy atom. The molecular formula is C14H17N3O2. The standard InChI is InChI=1S/C14H17N3O2/c1-14(2,13(18)19)8-16-12-10(7-15)6-9-4-3-5-11(9)17-12/h6H,3-5,8H2,1-2H3,(H,16,17)(H,18,19). The quantitative estimate of drug-likeness (QED) is 0.863. The molecule has 1 aromatic rings. The number of nitriles is 1. The fourth-order valence-corrected chi connectivity index (χ4v) is 2.07. The van der Waals surface area contributed by atoms with Crippen LogP contribution in [0.3, 0.4) is 0 Å². The third kappa shape index (κ3) is 2.68. The van der Waals surface area contributed by atoms with Crippen molar-refractivity contribution in [1.29, 1.82) is 5.26 Å². The van der Waals surface area contributed by atoms with Crippen LogP contribution in [0.1, 0.15) is 37.1 Å². The molecule has 0 amide bonds. The first-order chi connectivity index (χ1) is 8.94. The maximum atomic E-state index is 11.1. The Bertz CT molecular complexity index is 559. The summed E-state index contributed by atoms with van der Waals surface area (Å²) in [4.78, 5) is 15.5. The van der Waals surface area contributed by atoms with Gasteiger partial charge in [-0.05, 0) is 44.7 Å². The number of carboxylic acid groups (broad SMARTS) is 1. The van der Waals surface area contributed by atoms with E-state index in [9.17, 15) is 4.79 Å². The van der Waals surface area contributed by atoms with E-state index < -0.39 is 11.4 Å². The lowest BCUT2D eigenvalue weighted by Gasteiger charge is -2.20. The molecule has 0 saturated heterocycles. The predicted molar refractivity (Wildman–Crippen MR) is 70.9 cm³/mol. The summed E-state index contributed by atoms with van der Waals surface area (Å²) in [6.45, 7) is 3.52. The molecule has 0 radical (unpaired) electrons. The van der Waals surface area contributed by atoms with Crippen LogP contribution in [0.5, 0.6) is 0 Å². The third-order valence-electron chi connectivity index (χ3n) is 3.45. The van der Waals surface area contributed by atoms with Gasteiger partial charge in [-0.25, -0.2) is 4.98 Å². The maximum absolute atomic E-state index is 11.1. The van der Waals surface area contributed by atoms with E-state index in [0.29, 0.717) is 11.4 Å². The van der Waals surface area contributed by atoms with Crippen LogP contribution in [0.25, 0.3) is 0 Å². The minimum atomic E-state index is -0.895. The molecule has 0 fully saturated rings. The normalized spacial score (nSPS) is 13.7. The van der Waals surface area contributed by atoms with E-state index in [1.165, 1.54) is 0 Å². The van der Waals surface area contributed by atoms with Gasteiger partial charge in [0.15, 0.2) is 0 Å². The number of aromatic nitrogens is 1. The highest BCUT2D eigenvalue weighted by Crippen LogP contribution is 2.26. The number of hydrogen-bond donors (Lipinski definition) is 2. The fraction of sp³-hybridized carbons (Fsp3) is 0.500. The largest absolute Gasteiger partial charge is 0.481 e. The lowest BCUT2D eigenvalue weighted by atomic mass is 9.94. The predicted octanol–water partition coefficient (Wildman–Crippen LogP) is 1.96. The van der Waals surface area contributed by atoms with Gasteiger partial charge in [-0.15, -0.1) is 0 Å². The van der Waals surface area contributed by atoms with Crippen LogP contribution in [-0.2, 0) is 17.6 Å². The zero-order valence-corrected chi connectivity index (χ0v) is 11.2. The van der Waals surface area contributed by atoms with Crippen molar-refractivity contribution in [3.8, 4) is 6.07 Å². The van der Waals surface area contributed by atoms with Gasteiger partial charge in [0.1, 0.15) is 11.9 Å². The Balaban J connectivity index is 2.21. The van der Waals surface area contributed by atoms with Gasteiger partial charge < -0.3 is 10.4 Å². The summed E-state index contributed by atoms with van der Waals surface area (Å²) in [6.07, 6.45) is 2.97. The van der Waals surface area contributed by atoms with Crippen LogP contribution in [0.2, 0.25) is 0 Å². The number of carbonyl (C=O) groups is 1. The lowest BCUT2D eigenvalue weighted by molar-refractivity contribution is -0.146. The van der Waals surface area contributed by atoms with E-state index in [2.05, 4.69) is 16.4 Å². The molecule has 1 aliphatic rings.